The first-order valence-corrected chi connectivity index (χ1v) is 7.71. The molecule has 1 rings (SSSR count). The lowest BCUT2D eigenvalue weighted by molar-refractivity contribution is 0.265. The predicted octanol–water partition coefficient (Wildman–Crippen LogP) is 2.59. The summed E-state index contributed by atoms with van der Waals surface area (Å²) in [5.41, 5.74) is 0. The summed E-state index contributed by atoms with van der Waals surface area (Å²) in [6.45, 7) is 14.1. The molecule has 0 spiro atoms. The summed E-state index contributed by atoms with van der Waals surface area (Å²) in [6, 6.07) is 0.717. The van der Waals surface area contributed by atoms with Crippen molar-refractivity contribution >= 4 is 11.8 Å². The molecule has 2 nitrogen and oxygen atoms in total. The zero-order valence-corrected chi connectivity index (χ0v) is 12.1. The van der Waals surface area contributed by atoms with Crippen molar-refractivity contribution in [3.05, 3.63) is 0 Å². The van der Waals surface area contributed by atoms with E-state index in [0.717, 1.165) is 17.0 Å². The molecule has 16 heavy (non-hydrogen) atoms. The van der Waals surface area contributed by atoms with Gasteiger partial charge in [-0.2, -0.15) is 11.8 Å². The quantitative estimate of drug-likeness (QED) is 0.773. The van der Waals surface area contributed by atoms with Crippen LogP contribution < -0.4 is 5.32 Å². The lowest BCUT2D eigenvalue weighted by Gasteiger charge is -2.34. The largest absolute Gasteiger partial charge is 0.313 e. The third-order valence-corrected chi connectivity index (χ3v) is 4.57. The predicted molar refractivity (Wildman–Crippen MR) is 75.3 cm³/mol. The van der Waals surface area contributed by atoms with Crippen LogP contribution in [0.15, 0.2) is 0 Å². The maximum Gasteiger partial charge on any atom is 0.0149 e. The standard InChI is InChI=1S/C13H28N2S/c1-5-13(6-2)14-7-8-15-9-11(3)16-12(4)10-15/h11-14H,5-10H2,1-4H3. The summed E-state index contributed by atoms with van der Waals surface area (Å²) in [4.78, 5) is 2.61. The first-order valence-electron chi connectivity index (χ1n) is 6.76. The average Bonchev–Trinajstić information content (AvgIpc) is 2.23. The second-order valence-corrected chi connectivity index (χ2v) is 6.87. The van der Waals surface area contributed by atoms with E-state index in [0.29, 0.717) is 6.04 Å². The Balaban J connectivity index is 2.16. The van der Waals surface area contributed by atoms with Gasteiger partial charge in [0.15, 0.2) is 0 Å². The van der Waals surface area contributed by atoms with Crippen molar-refractivity contribution in [2.75, 3.05) is 26.2 Å². The molecule has 0 amide bonds. The zero-order chi connectivity index (χ0) is 12.0. The summed E-state index contributed by atoms with van der Waals surface area (Å²) in [5, 5.41) is 5.25. The van der Waals surface area contributed by atoms with Crippen LogP contribution in [0.5, 0.6) is 0 Å². The van der Waals surface area contributed by atoms with Crippen molar-refractivity contribution in [3.63, 3.8) is 0 Å². The lowest BCUT2D eigenvalue weighted by atomic mass is 10.2. The highest BCUT2D eigenvalue weighted by Gasteiger charge is 2.21. The van der Waals surface area contributed by atoms with E-state index in [-0.39, 0.29) is 0 Å². The summed E-state index contributed by atoms with van der Waals surface area (Å²) in [7, 11) is 0. The van der Waals surface area contributed by atoms with Gasteiger partial charge in [0.05, 0.1) is 0 Å². The van der Waals surface area contributed by atoms with Gasteiger partial charge in [-0.15, -0.1) is 0 Å². The summed E-state index contributed by atoms with van der Waals surface area (Å²) in [5.74, 6) is 0. The molecule has 1 N–H and O–H groups in total. The van der Waals surface area contributed by atoms with Gasteiger partial charge in [0.25, 0.3) is 0 Å². The maximum atomic E-state index is 3.65. The molecule has 2 atom stereocenters. The van der Waals surface area contributed by atoms with Crippen molar-refractivity contribution in [2.24, 2.45) is 0 Å². The smallest absolute Gasteiger partial charge is 0.0149 e. The Morgan fingerprint density at radius 3 is 2.25 bits per heavy atom. The second kappa shape index (κ2) is 7.57. The van der Waals surface area contributed by atoms with Gasteiger partial charge >= 0.3 is 0 Å². The molecule has 0 aromatic carbocycles. The van der Waals surface area contributed by atoms with Crippen molar-refractivity contribution in [1.82, 2.24) is 10.2 Å². The van der Waals surface area contributed by atoms with Crippen LogP contribution in [-0.4, -0.2) is 47.6 Å². The lowest BCUT2D eigenvalue weighted by Crippen LogP contribution is -2.44. The third kappa shape index (κ3) is 5.07. The second-order valence-electron chi connectivity index (χ2n) is 4.98. The van der Waals surface area contributed by atoms with Gasteiger partial charge in [-0.05, 0) is 12.8 Å². The topological polar surface area (TPSA) is 15.3 Å². The molecule has 96 valence electrons. The number of nitrogens with one attached hydrogen (secondary N) is 1. The summed E-state index contributed by atoms with van der Waals surface area (Å²) in [6.07, 6.45) is 2.50. The number of hydrogen-bond acceptors (Lipinski definition) is 3. The average molecular weight is 244 g/mol. The molecule has 3 heteroatoms. The monoisotopic (exact) mass is 244 g/mol. The Kier molecular flexibility index (Phi) is 6.78. The molecule has 1 aliphatic heterocycles. The van der Waals surface area contributed by atoms with Gasteiger partial charge in [0.2, 0.25) is 0 Å². The van der Waals surface area contributed by atoms with E-state index < -0.39 is 0 Å². The van der Waals surface area contributed by atoms with E-state index in [9.17, 15) is 0 Å². The van der Waals surface area contributed by atoms with Crippen molar-refractivity contribution < 1.29 is 0 Å². The first-order chi connectivity index (χ1) is 7.65. The number of hydrogen-bond donors (Lipinski definition) is 1. The van der Waals surface area contributed by atoms with Gasteiger partial charge in [-0.1, -0.05) is 27.7 Å². The molecular weight excluding hydrogens is 216 g/mol. The van der Waals surface area contributed by atoms with E-state index in [1.54, 1.807) is 0 Å². The van der Waals surface area contributed by atoms with E-state index >= 15 is 0 Å². The van der Waals surface area contributed by atoms with Crippen LogP contribution in [0.4, 0.5) is 0 Å². The fourth-order valence-corrected chi connectivity index (χ4v) is 3.86. The molecule has 1 saturated heterocycles. The van der Waals surface area contributed by atoms with E-state index in [4.69, 9.17) is 0 Å². The molecule has 0 bridgehead atoms. The fraction of sp³-hybridized carbons (Fsp3) is 1.00. The van der Waals surface area contributed by atoms with Crippen LogP contribution in [0.25, 0.3) is 0 Å². The highest BCUT2D eigenvalue weighted by atomic mass is 32.2. The Hall–Kier alpha value is 0.270. The van der Waals surface area contributed by atoms with Crippen LogP contribution in [0.2, 0.25) is 0 Å². The van der Waals surface area contributed by atoms with E-state index in [1.807, 2.05) is 0 Å². The highest BCUT2D eigenvalue weighted by Crippen LogP contribution is 2.24. The Bertz CT molecular complexity index is 173. The molecule has 0 aromatic heterocycles. The minimum Gasteiger partial charge on any atom is -0.313 e. The van der Waals surface area contributed by atoms with Crippen molar-refractivity contribution in [2.45, 2.75) is 57.1 Å². The van der Waals surface area contributed by atoms with E-state index in [2.05, 4.69) is 49.7 Å². The van der Waals surface area contributed by atoms with Gasteiger partial charge < -0.3 is 5.32 Å². The maximum absolute atomic E-state index is 3.65. The van der Waals surface area contributed by atoms with Gasteiger partial charge in [-0.3, -0.25) is 4.90 Å². The number of nitrogens with zero attached hydrogens (tertiary/aromatic N) is 1. The molecular formula is C13H28N2S. The summed E-state index contributed by atoms with van der Waals surface area (Å²) >= 11 is 2.13. The molecule has 1 fully saturated rings. The minimum absolute atomic E-state index is 0.717. The normalized spacial score (nSPS) is 27.6. The minimum atomic E-state index is 0.717. The third-order valence-electron chi connectivity index (χ3n) is 3.34. The molecule has 0 aliphatic carbocycles. The molecule has 1 aliphatic rings. The van der Waals surface area contributed by atoms with E-state index in [1.165, 1.54) is 32.5 Å². The Morgan fingerprint density at radius 2 is 1.75 bits per heavy atom. The SMILES string of the molecule is CCC(CC)NCCN1CC(C)SC(C)C1. The van der Waals surface area contributed by atoms with Crippen LogP contribution >= 0.6 is 11.8 Å². The van der Waals surface area contributed by atoms with Crippen molar-refractivity contribution in [1.29, 1.82) is 0 Å². The van der Waals surface area contributed by atoms with Crippen LogP contribution in [0.3, 0.4) is 0 Å². The van der Waals surface area contributed by atoms with Crippen molar-refractivity contribution in [3.8, 4) is 0 Å². The fourth-order valence-electron chi connectivity index (χ4n) is 2.47. The van der Waals surface area contributed by atoms with Crippen LogP contribution in [0.1, 0.15) is 40.5 Å². The van der Waals surface area contributed by atoms with Crippen LogP contribution in [0, 0.1) is 0 Å². The molecule has 0 aromatic rings. The van der Waals surface area contributed by atoms with Crippen LogP contribution in [-0.2, 0) is 0 Å². The number of rotatable bonds is 6. The number of thioether (sulfide) groups is 1. The Morgan fingerprint density at radius 1 is 1.19 bits per heavy atom. The van der Waals surface area contributed by atoms with Gasteiger partial charge in [0, 0.05) is 42.7 Å². The highest BCUT2D eigenvalue weighted by molar-refractivity contribution is 8.00. The molecule has 1 heterocycles. The molecule has 0 saturated carbocycles. The molecule has 0 radical (unpaired) electrons. The Labute approximate surface area is 106 Å². The first kappa shape index (κ1) is 14.3. The molecule has 2 unspecified atom stereocenters. The van der Waals surface area contributed by atoms with Gasteiger partial charge in [0.1, 0.15) is 0 Å². The summed E-state index contributed by atoms with van der Waals surface area (Å²) < 4.78 is 0. The van der Waals surface area contributed by atoms with Gasteiger partial charge in [-0.25, -0.2) is 0 Å². The zero-order valence-electron chi connectivity index (χ0n) is 11.3.